The molecule has 11 rings (SSSR count). The van der Waals surface area contributed by atoms with E-state index < -0.39 is 17.7 Å². The SMILES string of the molecule is COc1ccc(CSC[C@@H](NC(=O)OC(C)(C)C)C(=O)N2CCC(=C3c4ccc(Cl)cc4CCc4cccnc43)CC2)cc1.O=C(Cc1ccccc1OCc1ccccc1)N1CCC(=C2c3ccc(Cl)cc3CCc3cccnc32)CC1. The van der Waals surface area contributed by atoms with Gasteiger partial charge in [0.25, 0.3) is 0 Å². The highest BCUT2D eigenvalue weighted by Gasteiger charge is 2.33. The van der Waals surface area contributed by atoms with Gasteiger partial charge in [0.1, 0.15) is 29.7 Å². The zero-order chi connectivity index (χ0) is 57.9. The first kappa shape index (κ1) is 58.8. The van der Waals surface area contributed by atoms with E-state index in [9.17, 15) is 14.4 Å². The first-order valence-electron chi connectivity index (χ1n) is 28.7. The molecule has 0 radical (unpaired) electrons. The highest BCUT2D eigenvalue weighted by atomic mass is 35.5. The summed E-state index contributed by atoms with van der Waals surface area (Å²) in [5.74, 6) is 2.75. The van der Waals surface area contributed by atoms with Crippen LogP contribution in [-0.4, -0.2) is 88.4 Å². The van der Waals surface area contributed by atoms with Gasteiger partial charge in [-0.2, -0.15) is 11.8 Å². The van der Waals surface area contributed by atoms with Crippen LogP contribution in [0.4, 0.5) is 4.79 Å². The minimum Gasteiger partial charge on any atom is -0.497 e. The number of aromatic nitrogens is 2. The highest BCUT2D eigenvalue weighted by molar-refractivity contribution is 7.98. The summed E-state index contributed by atoms with van der Waals surface area (Å²) in [5, 5.41) is 4.37. The Hall–Kier alpha value is -7.38. The number of ether oxygens (including phenoxy) is 3. The Balaban J connectivity index is 0.000000187. The molecule has 0 unspecified atom stereocenters. The molecule has 2 aliphatic heterocycles. The fourth-order valence-corrected chi connectivity index (χ4v) is 12.8. The van der Waals surface area contributed by atoms with E-state index in [-0.39, 0.29) is 11.8 Å². The number of aryl methyl sites for hydroxylation is 4. The van der Waals surface area contributed by atoms with E-state index in [1.54, 1.807) is 18.9 Å². The van der Waals surface area contributed by atoms with Gasteiger partial charge in [0, 0.05) is 76.8 Å². The lowest BCUT2D eigenvalue weighted by Crippen LogP contribution is -2.52. The minimum atomic E-state index is -0.703. The molecule has 83 heavy (non-hydrogen) atoms. The molecular weight excluding hydrogens is 1100 g/mol. The lowest BCUT2D eigenvalue weighted by molar-refractivity contribution is -0.133. The van der Waals surface area contributed by atoms with Crippen molar-refractivity contribution >= 4 is 64.0 Å². The molecular formula is C69H71Cl2N5O6S. The predicted molar refractivity (Wildman–Crippen MR) is 333 cm³/mol. The van der Waals surface area contributed by atoms with Crippen molar-refractivity contribution in [3.8, 4) is 11.5 Å². The van der Waals surface area contributed by atoms with Gasteiger partial charge in [-0.15, -0.1) is 0 Å². The molecule has 3 amide bonds. The van der Waals surface area contributed by atoms with Crippen molar-refractivity contribution in [1.29, 1.82) is 0 Å². The predicted octanol–water partition coefficient (Wildman–Crippen LogP) is 14.2. The Kier molecular flexibility index (Phi) is 19.4. The summed E-state index contributed by atoms with van der Waals surface area (Å²) in [6.45, 7) is 8.47. The maximum absolute atomic E-state index is 13.9. The Bertz CT molecular complexity index is 3510. The Morgan fingerprint density at radius 1 is 0.614 bits per heavy atom. The van der Waals surface area contributed by atoms with Gasteiger partial charge in [0.2, 0.25) is 11.8 Å². The third-order valence-electron chi connectivity index (χ3n) is 15.6. The number of rotatable bonds is 12. The van der Waals surface area contributed by atoms with Gasteiger partial charge in [-0.1, -0.05) is 119 Å². The number of hydrogen-bond acceptors (Lipinski definition) is 9. The molecule has 2 fully saturated rings. The number of nitrogens with one attached hydrogen (secondary N) is 1. The van der Waals surface area contributed by atoms with Crippen molar-refractivity contribution in [2.75, 3.05) is 39.0 Å². The molecule has 2 saturated heterocycles. The van der Waals surface area contributed by atoms with E-state index >= 15 is 0 Å². The van der Waals surface area contributed by atoms with E-state index in [0.717, 1.165) is 101 Å². The number of halogens is 2. The number of amides is 3. The molecule has 1 atom stereocenters. The van der Waals surface area contributed by atoms with E-state index in [1.165, 1.54) is 55.7 Å². The zero-order valence-corrected chi connectivity index (χ0v) is 50.1. The summed E-state index contributed by atoms with van der Waals surface area (Å²) in [6.07, 6.45) is 10.3. The fourth-order valence-electron chi connectivity index (χ4n) is 11.5. The van der Waals surface area contributed by atoms with E-state index in [2.05, 4.69) is 41.7 Å². The average molecular weight is 1170 g/mol. The van der Waals surface area contributed by atoms with Crippen LogP contribution in [0, 0.1) is 0 Å². The molecule has 1 N–H and O–H groups in total. The van der Waals surface area contributed by atoms with Gasteiger partial charge in [-0.3, -0.25) is 19.6 Å². The molecule has 0 saturated carbocycles. The lowest BCUT2D eigenvalue weighted by atomic mass is 9.88. The van der Waals surface area contributed by atoms with E-state index in [0.29, 0.717) is 50.7 Å². The number of nitrogens with zero attached hydrogens (tertiary/aromatic N) is 4. The topological polar surface area (TPSA) is 123 Å². The number of pyridine rings is 2. The van der Waals surface area contributed by atoms with Crippen LogP contribution in [0.15, 0.2) is 163 Å². The first-order valence-corrected chi connectivity index (χ1v) is 30.6. The quantitative estimate of drug-likeness (QED) is 0.127. The smallest absolute Gasteiger partial charge is 0.408 e. The molecule has 11 nitrogen and oxygen atoms in total. The van der Waals surface area contributed by atoms with Crippen LogP contribution < -0.4 is 14.8 Å². The van der Waals surface area contributed by atoms with Crippen LogP contribution in [-0.2, 0) is 58.8 Å². The number of fused-ring (bicyclic) bond motifs is 4. The summed E-state index contributed by atoms with van der Waals surface area (Å²) < 4.78 is 16.9. The van der Waals surface area contributed by atoms with Gasteiger partial charge < -0.3 is 29.3 Å². The summed E-state index contributed by atoms with van der Waals surface area (Å²) in [5.41, 5.74) is 17.1. The zero-order valence-electron chi connectivity index (χ0n) is 47.7. The first-order chi connectivity index (χ1) is 40.3. The van der Waals surface area contributed by atoms with Crippen molar-refractivity contribution < 1.29 is 28.6 Å². The monoisotopic (exact) mass is 1170 g/mol. The fraction of sp³-hybridized carbons (Fsp3) is 0.319. The third kappa shape index (κ3) is 15.1. The number of hydrogen-bond donors (Lipinski definition) is 1. The lowest BCUT2D eigenvalue weighted by Gasteiger charge is -2.33. The number of methoxy groups -OCH3 is 1. The number of piperidine rings is 2. The number of likely N-dealkylation sites (tertiary alicyclic amines) is 2. The van der Waals surface area contributed by atoms with Crippen LogP contribution in [0.5, 0.6) is 11.5 Å². The van der Waals surface area contributed by atoms with Gasteiger partial charge in [-0.25, -0.2) is 4.79 Å². The van der Waals surface area contributed by atoms with Gasteiger partial charge in [0.15, 0.2) is 0 Å². The maximum atomic E-state index is 13.9. The van der Waals surface area contributed by atoms with Crippen LogP contribution in [0.3, 0.4) is 0 Å². The molecule has 4 heterocycles. The molecule has 5 aromatic carbocycles. The molecule has 2 aromatic heterocycles. The third-order valence-corrected chi connectivity index (χ3v) is 17.2. The highest BCUT2D eigenvalue weighted by Crippen LogP contribution is 2.41. The van der Waals surface area contributed by atoms with Gasteiger partial charge >= 0.3 is 6.09 Å². The Morgan fingerprint density at radius 2 is 1.16 bits per heavy atom. The Labute approximate surface area is 502 Å². The van der Waals surface area contributed by atoms with E-state index in [1.807, 2.05) is 146 Å². The normalized spacial score (nSPS) is 15.2. The minimum absolute atomic E-state index is 0.0892. The largest absolute Gasteiger partial charge is 0.497 e. The molecule has 0 spiro atoms. The molecule has 428 valence electrons. The summed E-state index contributed by atoms with van der Waals surface area (Å²) >= 11 is 14.4. The Morgan fingerprint density at radius 3 is 1.72 bits per heavy atom. The van der Waals surface area contributed by atoms with Crippen molar-refractivity contribution in [3.63, 3.8) is 0 Å². The second-order valence-corrected chi connectivity index (χ2v) is 24.3. The molecule has 0 bridgehead atoms. The summed E-state index contributed by atoms with van der Waals surface area (Å²) in [4.78, 5) is 53.6. The molecule has 14 heteroatoms. The number of benzene rings is 5. The molecule has 7 aromatic rings. The van der Waals surface area contributed by atoms with Gasteiger partial charge in [0.05, 0.1) is 24.9 Å². The van der Waals surface area contributed by atoms with Crippen molar-refractivity contribution in [2.45, 2.75) is 103 Å². The van der Waals surface area contributed by atoms with Crippen LogP contribution in [0.1, 0.15) is 108 Å². The van der Waals surface area contributed by atoms with E-state index in [4.69, 9.17) is 47.4 Å². The average Bonchev–Trinajstić information content (AvgIpc) is 2.96. The van der Waals surface area contributed by atoms with Crippen molar-refractivity contribution in [2.24, 2.45) is 0 Å². The van der Waals surface area contributed by atoms with Gasteiger partial charge in [-0.05, 0) is 171 Å². The second-order valence-electron chi connectivity index (χ2n) is 22.4. The number of carbonyl (C=O) groups is 3. The molecule has 2 aliphatic carbocycles. The van der Waals surface area contributed by atoms with Crippen LogP contribution >= 0.6 is 35.0 Å². The van der Waals surface area contributed by atoms with Crippen LogP contribution in [0.2, 0.25) is 10.0 Å². The van der Waals surface area contributed by atoms with Crippen LogP contribution in [0.25, 0.3) is 11.1 Å². The number of thioether (sulfide) groups is 1. The summed E-state index contributed by atoms with van der Waals surface area (Å²) in [6, 6.07) is 45.8. The standard InChI is InChI=1S/C35H40ClN3O4S.C34H31ClN2O2/c1-35(2,3)43-34(41)38-30(22-44-21-23-7-12-28(42-4)13-8-23)33(40)39-18-15-24(16-19-39)31-29-14-11-27(36)20-26(29)10-9-25-6-5-17-37-32(25)31;35-29-14-15-30-27(21-29)13-12-26-10-6-18-36-34(26)33(30)25-16-19-37(20-17-25)32(38)22-28-9-4-5-11-31(28)39-23-24-7-2-1-3-8-24/h5-8,11-14,17,20,30H,9-10,15-16,18-19,21-22H2,1-4H3,(H,38,41);1-11,14-15,18,21H,12-13,16-17,19-20,22-23H2/t30-;/m1./s1. The summed E-state index contributed by atoms with van der Waals surface area (Å²) in [7, 11) is 1.64. The number of alkyl carbamates (subject to hydrolysis) is 1. The number of carbonyl (C=O) groups excluding carboxylic acids is 3. The maximum Gasteiger partial charge on any atom is 0.408 e. The molecule has 4 aliphatic rings. The van der Waals surface area contributed by atoms with Crippen molar-refractivity contribution in [1.82, 2.24) is 25.1 Å². The van der Waals surface area contributed by atoms with Crippen molar-refractivity contribution in [3.05, 3.63) is 235 Å². The number of para-hydroxylation sites is 1. The second kappa shape index (κ2) is 27.3.